The number of nitrogens with one attached hydrogen (secondary N) is 1. The summed E-state index contributed by atoms with van der Waals surface area (Å²) in [6.45, 7) is 4.16. The van der Waals surface area contributed by atoms with Crippen LogP contribution in [0.4, 0.5) is 13.2 Å². The number of alkyl halides is 3. The lowest BCUT2D eigenvalue weighted by Gasteiger charge is -2.28. The Morgan fingerprint density at radius 2 is 2.05 bits per heavy atom. The molecule has 1 aromatic rings. The largest absolute Gasteiger partial charge is 0.416 e. The number of ether oxygens (including phenoxy) is 1. The van der Waals surface area contributed by atoms with E-state index in [2.05, 4.69) is 10.3 Å². The fourth-order valence-electron chi connectivity index (χ4n) is 2.12. The van der Waals surface area contributed by atoms with Crippen molar-refractivity contribution in [2.24, 2.45) is 0 Å². The molecule has 0 radical (unpaired) electrons. The molecule has 108 valence electrons. The van der Waals surface area contributed by atoms with Gasteiger partial charge in [-0.05, 0) is 26.5 Å². The Bertz CT molecular complexity index is 396. The SMILES string of the molecule is CCOC(CC)C(NC)c1cnccc1C(F)(F)F. The summed E-state index contributed by atoms with van der Waals surface area (Å²) >= 11 is 0. The van der Waals surface area contributed by atoms with E-state index < -0.39 is 17.8 Å². The second-order valence-electron chi connectivity index (χ2n) is 4.13. The van der Waals surface area contributed by atoms with E-state index in [9.17, 15) is 13.2 Å². The van der Waals surface area contributed by atoms with Crippen LogP contribution >= 0.6 is 0 Å². The molecule has 1 rings (SSSR count). The number of likely N-dealkylation sites (N-methyl/N-ethyl adjacent to an activating group) is 1. The van der Waals surface area contributed by atoms with Gasteiger partial charge in [0.15, 0.2) is 0 Å². The molecule has 1 heterocycles. The molecule has 1 N–H and O–H groups in total. The van der Waals surface area contributed by atoms with Gasteiger partial charge in [0.2, 0.25) is 0 Å². The van der Waals surface area contributed by atoms with Crippen molar-refractivity contribution in [1.29, 1.82) is 0 Å². The van der Waals surface area contributed by atoms with E-state index in [-0.39, 0.29) is 11.7 Å². The minimum Gasteiger partial charge on any atom is -0.377 e. The van der Waals surface area contributed by atoms with Crippen molar-refractivity contribution in [3.63, 3.8) is 0 Å². The Balaban J connectivity index is 3.17. The zero-order valence-corrected chi connectivity index (χ0v) is 11.3. The first-order valence-electron chi connectivity index (χ1n) is 6.25. The summed E-state index contributed by atoms with van der Waals surface area (Å²) in [5, 5.41) is 2.90. The molecule has 0 aromatic carbocycles. The van der Waals surface area contributed by atoms with E-state index in [1.165, 1.54) is 6.20 Å². The van der Waals surface area contributed by atoms with Crippen LogP contribution in [-0.2, 0) is 10.9 Å². The van der Waals surface area contributed by atoms with Crippen LogP contribution in [0.1, 0.15) is 37.4 Å². The molecular formula is C13H19F3N2O. The van der Waals surface area contributed by atoms with Crippen molar-refractivity contribution < 1.29 is 17.9 Å². The zero-order valence-electron chi connectivity index (χ0n) is 11.3. The highest BCUT2D eigenvalue weighted by Crippen LogP contribution is 2.35. The van der Waals surface area contributed by atoms with Crippen LogP contribution in [0.5, 0.6) is 0 Å². The molecule has 0 aliphatic heterocycles. The number of pyridine rings is 1. The Morgan fingerprint density at radius 3 is 2.53 bits per heavy atom. The predicted octanol–water partition coefficient (Wildman–Crippen LogP) is 3.18. The number of hydrogen-bond donors (Lipinski definition) is 1. The van der Waals surface area contributed by atoms with Crippen molar-refractivity contribution in [3.8, 4) is 0 Å². The third-order valence-corrected chi connectivity index (χ3v) is 2.96. The smallest absolute Gasteiger partial charge is 0.377 e. The number of halogens is 3. The molecule has 0 bridgehead atoms. The quantitative estimate of drug-likeness (QED) is 0.866. The van der Waals surface area contributed by atoms with Crippen LogP contribution < -0.4 is 5.32 Å². The maximum Gasteiger partial charge on any atom is 0.416 e. The van der Waals surface area contributed by atoms with Gasteiger partial charge in [0.05, 0.1) is 17.7 Å². The second-order valence-corrected chi connectivity index (χ2v) is 4.13. The van der Waals surface area contributed by atoms with E-state index >= 15 is 0 Å². The fraction of sp³-hybridized carbons (Fsp3) is 0.615. The lowest BCUT2D eigenvalue weighted by molar-refractivity contribution is -0.138. The van der Waals surface area contributed by atoms with Crippen LogP contribution in [0.2, 0.25) is 0 Å². The van der Waals surface area contributed by atoms with E-state index in [4.69, 9.17) is 4.74 Å². The molecule has 0 saturated heterocycles. The molecular weight excluding hydrogens is 257 g/mol. The van der Waals surface area contributed by atoms with Gasteiger partial charge < -0.3 is 10.1 Å². The van der Waals surface area contributed by atoms with Crippen molar-refractivity contribution >= 4 is 0 Å². The van der Waals surface area contributed by atoms with E-state index in [0.29, 0.717) is 13.0 Å². The van der Waals surface area contributed by atoms with Crippen molar-refractivity contribution in [2.45, 2.75) is 38.6 Å². The predicted molar refractivity (Wildman–Crippen MR) is 66.7 cm³/mol. The lowest BCUT2D eigenvalue weighted by atomic mass is 9.96. The van der Waals surface area contributed by atoms with Crippen molar-refractivity contribution in [3.05, 3.63) is 29.6 Å². The molecule has 0 fully saturated rings. The van der Waals surface area contributed by atoms with E-state index in [1.807, 2.05) is 13.8 Å². The van der Waals surface area contributed by atoms with Gasteiger partial charge in [0.25, 0.3) is 0 Å². The zero-order chi connectivity index (χ0) is 14.5. The summed E-state index contributed by atoms with van der Waals surface area (Å²) in [7, 11) is 1.62. The molecule has 0 amide bonds. The topological polar surface area (TPSA) is 34.1 Å². The molecule has 0 spiro atoms. The Morgan fingerprint density at radius 1 is 1.37 bits per heavy atom. The molecule has 0 aliphatic rings. The third-order valence-electron chi connectivity index (χ3n) is 2.96. The lowest BCUT2D eigenvalue weighted by Crippen LogP contribution is -2.33. The van der Waals surface area contributed by atoms with Crippen LogP contribution in [0.3, 0.4) is 0 Å². The molecule has 2 atom stereocenters. The fourth-order valence-corrected chi connectivity index (χ4v) is 2.12. The minimum absolute atomic E-state index is 0.123. The monoisotopic (exact) mass is 276 g/mol. The van der Waals surface area contributed by atoms with Gasteiger partial charge in [0.1, 0.15) is 0 Å². The van der Waals surface area contributed by atoms with Gasteiger partial charge >= 0.3 is 6.18 Å². The Kier molecular flexibility index (Phi) is 5.75. The first kappa shape index (κ1) is 15.9. The Hall–Kier alpha value is -1.14. The van der Waals surface area contributed by atoms with E-state index in [0.717, 1.165) is 12.3 Å². The first-order chi connectivity index (χ1) is 8.95. The summed E-state index contributed by atoms with van der Waals surface area (Å²) in [5.41, 5.74) is -0.544. The molecule has 0 saturated carbocycles. The normalized spacial score (nSPS) is 15.3. The van der Waals surface area contributed by atoms with Gasteiger partial charge in [-0.25, -0.2) is 0 Å². The maximum atomic E-state index is 13.0. The third kappa shape index (κ3) is 3.91. The number of hydrogen-bond acceptors (Lipinski definition) is 3. The average Bonchev–Trinajstić information content (AvgIpc) is 2.38. The molecule has 6 heteroatoms. The summed E-state index contributed by atoms with van der Waals surface area (Å²) in [4.78, 5) is 3.81. The van der Waals surface area contributed by atoms with Crippen molar-refractivity contribution in [2.75, 3.05) is 13.7 Å². The number of rotatable bonds is 6. The van der Waals surface area contributed by atoms with Gasteiger partial charge in [-0.15, -0.1) is 0 Å². The highest BCUT2D eigenvalue weighted by atomic mass is 19.4. The molecule has 19 heavy (non-hydrogen) atoms. The van der Waals surface area contributed by atoms with Crippen LogP contribution in [0.15, 0.2) is 18.5 Å². The van der Waals surface area contributed by atoms with Gasteiger partial charge in [-0.3, -0.25) is 4.98 Å². The molecule has 0 aliphatic carbocycles. The molecule has 3 nitrogen and oxygen atoms in total. The van der Waals surface area contributed by atoms with Crippen LogP contribution in [-0.4, -0.2) is 24.7 Å². The summed E-state index contributed by atoms with van der Waals surface area (Å²) in [6, 6.07) is 0.466. The summed E-state index contributed by atoms with van der Waals surface area (Å²) in [5.74, 6) is 0. The number of nitrogens with zero attached hydrogens (tertiary/aromatic N) is 1. The number of aromatic nitrogens is 1. The first-order valence-corrected chi connectivity index (χ1v) is 6.25. The summed E-state index contributed by atoms with van der Waals surface area (Å²) < 4.78 is 44.5. The average molecular weight is 276 g/mol. The highest BCUT2D eigenvalue weighted by Gasteiger charge is 2.36. The summed E-state index contributed by atoms with van der Waals surface area (Å²) in [6.07, 6.45) is -1.68. The van der Waals surface area contributed by atoms with Crippen molar-refractivity contribution in [1.82, 2.24) is 10.3 Å². The standard InChI is InChI=1S/C13H19F3N2O/c1-4-11(19-5-2)12(17-3)9-8-18-7-6-10(9)13(14,15)16/h6-8,11-12,17H,4-5H2,1-3H3. The van der Waals surface area contributed by atoms with E-state index in [1.54, 1.807) is 7.05 Å². The molecule has 1 aromatic heterocycles. The van der Waals surface area contributed by atoms with Crippen LogP contribution in [0.25, 0.3) is 0 Å². The minimum atomic E-state index is -4.39. The Labute approximate surface area is 111 Å². The maximum absolute atomic E-state index is 13.0. The van der Waals surface area contributed by atoms with Gasteiger partial charge in [-0.2, -0.15) is 13.2 Å². The molecule has 2 unspecified atom stereocenters. The second kappa shape index (κ2) is 6.86. The highest BCUT2D eigenvalue weighted by molar-refractivity contribution is 5.30. The van der Waals surface area contributed by atoms with Gasteiger partial charge in [-0.1, -0.05) is 6.92 Å². The van der Waals surface area contributed by atoms with Gasteiger partial charge in [0, 0.05) is 24.6 Å². The van der Waals surface area contributed by atoms with Crippen LogP contribution in [0, 0.1) is 0 Å².